The van der Waals surface area contributed by atoms with Crippen molar-refractivity contribution in [3.63, 3.8) is 0 Å². The highest BCUT2D eigenvalue weighted by atomic mass is 16.5. The second-order valence-electron chi connectivity index (χ2n) is 13.6. The number of allylic oxidation sites excluding steroid dienone is 1. The van der Waals surface area contributed by atoms with Crippen molar-refractivity contribution in [2.24, 2.45) is 0 Å². The molecule has 1 aliphatic carbocycles. The largest absolute Gasteiger partial charge is 0.485 e. The highest BCUT2D eigenvalue weighted by Crippen LogP contribution is 2.47. The van der Waals surface area contributed by atoms with Crippen LogP contribution < -0.4 is 9.64 Å². The van der Waals surface area contributed by atoms with Gasteiger partial charge in [-0.15, -0.1) is 0 Å². The lowest BCUT2D eigenvalue weighted by Gasteiger charge is -2.29. The number of fused-ring (bicyclic) bond motifs is 9. The average Bonchev–Trinajstić information content (AvgIpc) is 3.89. The Hall–Kier alpha value is -6.78. The molecule has 0 fully saturated rings. The maximum Gasteiger partial charge on any atom is 0.143 e. The van der Waals surface area contributed by atoms with Crippen molar-refractivity contribution in [1.29, 1.82) is 0 Å². The summed E-state index contributed by atoms with van der Waals surface area (Å²) in [6.07, 6.45) is 6.69. The summed E-state index contributed by atoms with van der Waals surface area (Å²) in [5.74, 6) is 1.04. The highest BCUT2D eigenvalue weighted by molar-refractivity contribution is 6.15. The minimum Gasteiger partial charge on any atom is -0.485 e. The average molecular weight is 670 g/mol. The van der Waals surface area contributed by atoms with Gasteiger partial charge in [0.2, 0.25) is 0 Å². The second-order valence-corrected chi connectivity index (χ2v) is 13.6. The zero-order chi connectivity index (χ0) is 34.2. The molecule has 4 heteroatoms. The number of hydrogen-bond donors (Lipinski definition) is 0. The summed E-state index contributed by atoms with van der Waals surface area (Å²) in [5.41, 5.74) is 12.5. The van der Waals surface area contributed by atoms with Gasteiger partial charge in [-0.3, -0.25) is 0 Å². The van der Waals surface area contributed by atoms with Gasteiger partial charge in [0, 0.05) is 55.7 Å². The standard InChI is InChI=1S/C48H31NO3/c1-3-11-32(12-4-1)49(33-13-5-2-6-14-33)34-23-24-37-40-28-31(22-25-43(40)51-46(37)29-34)36-17-9-18-38-41-27-30(21-26-44(41)52-48(36)38)35-16-10-20-45-47(35)39-15-7-8-19-42(39)50-45/h1-29,37,46H. The van der Waals surface area contributed by atoms with E-state index in [1.54, 1.807) is 0 Å². The maximum absolute atomic E-state index is 6.64. The minimum atomic E-state index is -0.0996. The molecular weight excluding hydrogens is 639 g/mol. The van der Waals surface area contributed by atoms with E-state index in [0.717, 1.165) is 89.0 Å². The molecule has 9 aromatic rings. The first-order valence-corrected chi connectivity index (χ1v) is 17.7. The lowest BCUT2D eigenvalue weighted by molar-refractivity contribution is 0.267. The van der Waals surface area contributed by atoms with Crippen LogP contribution in [0.1, 0.15) is 11.5 Å². The summed E-state index contributed by atoms with van der Waals surface area (Å²) in [7, 11) is 0. The van der Waals surface area contributed by atoms with E-state index in [9.17, 15) is 0 Å². The van der Waals surface area contributed by atoms with Crippen LogP contribution in [0.5, 0.6) is 5.75 Å². The van der Waals surface area contributed by atoms with E-state index in [0.29, 0.717) is 0 Å². The molecule has 2 atom stereocenters. The Labute approximate surface area is 300 Å². The van der Waals surface area contributed by atoms with E-state index in [-0.39, 0.29) is 12.0 Å². The smallest absolute Gasteiger partial charge is 0.143 e. The third-order valence-corrected chi connectivity index (χ3v) is 10.6. The van der Waals surface area contributed by atoms with Crippen molar-refractivity contribution >= 4 is 55.3 Å². The molecule has 2 unspecified atom stereocenters. The summed E-state index contributed by atoms with van der Waals surface area (Å²) >= 11 is 0. The third kappa shape index (κ3) is 4.47. The molecule has 0 radical (unpaired) electrons. The van der Waals surface area contributed by atoms with E-state index < -0.39 is 0 Å². The van der Waals surface area contributed by atoms with Gasteiger partial charge >= 0.3 is 0 Å². The van der Waals surface area contributed by atoms with Gasteiger partial charge in [-0.05, 0) is 89.5 Å². The van der Waals surface area contributed by atoms with Crippen molar-refractivity contribution in [1.82, 2.24) is 0 Å². The van der Waals surface area contributed by atoms with Gasteiger partial charge in [0.15, 0.2) is 0 Å². The van der Waals surface area contributed by atoms with Gasteiger partial charge in [-0.1, -0.05) is 103 Å². The van der Waals surface area contributed by atoms with Crippen LogP contribution in [0.15, 0.2) is 190 Å². The Morgan fingerprint density at radius 2 is 1.17 bits per heavy atom. The predicted molar refractivity (Wildman–Crippen MR) is 211 cm³/mol. The molecule has 4 nitrogen and oxygen atoms in total. The zero-order valence-electron chi connectivity index (χ0n) is 28.1. The number of furan rings is 2. The Morgan fingerprint density at radius 1 is 0.500 bits per heavy atom. The Kier molecular flexibility index (Phi) is 6.34. The van der Waals surface area contributed by atoms with Gasteiger partial charge in [0.25, 0.3) is 0 Å². The van der Waals surface area contributed by atoms with Crippen molar-refractivity contribution in [3.05, 3.63) is 187 Å². The fourth-order valence-corrected chi connectivity index (χ4v) is 8.22. The van der Waals surface area contributed by atoms with Gasteiger partial charge in [0.1, 0.15) is 34.2 Å². The first-order valence-electron chi connectivity index (χ1n) is 17.7. The molecule has 3 heterocycles. The van der Waals surface area contributed by atoms with Crippen molar-refractivity contribution in [2.75, 3.05) is 4.90 Å². The minimum absolute atomic E-state index is 0.0996. The van der Waals surface area contributed by atoms with E-state index in [4.69, 9.17) is 13.6 Å². The second kappa shape index (κ2) is 11.4. The molecular formula is C48H31NO3. The van der Waals surface area contributed by atoms with Crippen LogP contribution in [0.2, 0.25) is 0 Å². The van der Waals surface area contributed by atoms with Crippen LogP contribution >= 0.6 is 0 Å². The molecule has 0 bridgehead atoms. The molecule has 1 aliphatic heterocycles. The SMILES string of the molecule is C1=CC2c3cc(-c4cccc5c4oc4ccc(-c6cccc7oc8ccccc8c67)cc45)ccc3OC2C=C1N(c1ccccc1)c1ccccc1. The third-order valence-electron chi connectivity index (χ3n) is 10.6. The Morgan fingerprint density at radius 3 is 2.02 bits per heavy atom. The summed E-state index contributed by atoms with van der Waals surface area (Å²) in [6.45, 7) is 0. The predicted octanol–water partition coefficient (Wildman–Crippen LogP) is 13.0. The molecule has 7 aromatic carbocycles. The van der Waals surface area contributed by atoms with E-state index in [1.165, 1.54) is 5.56 Å². The van der Waals surface area contributed by atoms with E-state index in [2.05, 4.69) is 163 Å². The first-order chi connectivity index (χ1) is 25.8. The maximum atomic E-state index is 6.64. The lowest BCUT2D eigenvalue weighted by Crippen LogP contribution is -2.24. The summed E-state index contributed by atoms with van der Waals surface area (Å²) in [6, 6.07) is 55.1. The van der Waals surface area contributed by atoms with E-state index >= 15 is 0 Å². The molecule has 0 spiro atoms. The summed E-state index contributed by atoms with van der Waals surface area (Å²) in [5, 5.41) is 4.45. The van der Waals surface area contributed by atoms with Gasteiger partial charge in [0.05, 0.1) is 0 Å². The highest BCUT2D eigenvalue weighted by Gasteiger charge is 2.35. The normalized spacial score (nSPS) is 16.3. The first kappa shape index (κ1) is 29.0. The zero-order valence-corrected chi connectivity index (χ0v) is 28.1. The van der Waals surface area contributed by atoms with Crippen LogP contribution in [-0.2, 0) is 0 Å². The Balaban J connectivity index is 0.962. The van der Waals surface area contributed by atoms with Gasteiger partial charge in [-0.25, -0.2) is 0 Å². The molecule has 0 saturated heterocycles. The number of rotatable bonds is 5. The van der Waals surface area contributed by atoms with Crippen molar-refractivity contribution in [3.8, 4) is 28.0 Å². The molecule has 0 N–H and O–H groups in total. The van der Waals surface area contributed by atoms with Crippen LogP contribution in [-0.4, -0.2) is 6.10 Å². The number of anilines is 2. The number of nitrogens with zero attached hydrogens (tertiary/aromatic N) is 1. The van der Waals surface area contributed by atoms with Crippen LogP contribution in [0.25, 0.3) is 66.1 Å². The number of ether oxygens (including phenoxy) is 1. The topological polar surface area (TPSA) is 38.8 Å². The molecule has 2 aliphatic rings. The molecule has 0 amide bonds. The summed E-state index contributed by atoms with van der Waals surface area (Å²) in [4.78, 5) is 2.29. The van der Waals surface area contributed by atoms with Crippen molar-refractivity contribution in [2.45, 2.75) is 12.0 Å². The number of hydrogen-bond acceptors (Lipinski definition) is 4. The van der Waals surface area contributed by atoms with Crippen LogP contribution in [0.3, 0.4) is 0 Å². The summed E-state index contributed by atoms with van der Waals surface area (Å²) < 4.78 is 19.5. The number of benzene rings is 7. The Bertz CT molecular complexity index is 2860. The van der Waals surface area contributed by atoms with Crippen LogP contribution in [0, 0.1) is 0 Å². The molecule has 2 aromatic heterocycles. The fourth-order valence-electron chi connectivity index (χ4n) is 8.22. The molecule has 52 heavy (non-hydrogen) atoms. The van der Waals surface area contributed by atoms with Gasteiger partial charge in [-0.2, -0.15) is 0 Å². The van der Waals surface area contributed by atoms with Gasteiger partial charge < -0.3 is 18.5 Å². The molecule has 11 rings (SSSR count). The molecule has 246 valence electrons. The van der Waals surface area contributed by atoms with E-state index in [1.807, 2.05) is 18.2 Å². The van der Waals surface area contributed by atoms with Crippen molar-refractivity contribution < 1.29 is 13.6 Å². The van der Waals surface area contributed by atoms with Crippen LogP contribution in [0.4, 0.5) is 11.4 Å². The number of para-hydroxylation sites is 4. The fraction of sp³-hybridized carbons (Fsp3) is 0.0417. The quantitative estimate of drug-likeness (QED) is 0.183. The monoisotopic (exact) mass is 669 g/mol. The molecule has 0 saturated carbocycles. The lowest BCUT2D eigenvalue weighted by atomic mass is 9.88.